The van der Waals surface area contributed by atoms with Gasteiger partial charge in [-0.3, -0.25) is 0 Å². The second-order valence-electron chi connectivity index (χ2n) is 4.83. The second-order valence-corrected chi connectivity index (χ2v) is 7.13. The van der Waals surface area contributed by atoms with E-state index < -0.39 is 0 Å². The van der Waals surface area contributed by atoms with E-state index >= 15 is 0 Å². The highest BCUT2D eigenvalue weighted by molar-refractivity contribution is 8.03. The van der Waals surface area contributed by atoms with Crippen molar-refractivity contribution < 1.29 is 4.74 Å². The van der Waals surface area contributed by atoms with E-state index in [2.05, 4.69) is 47.0 Å². The van der Waals surface area contributed by atoms with Crippen LogP contribution < -0.4 is 10.1 Å². The van der Waals surface area contributed by atoms with E-state index in [0.717, 1.165) is 18.8 Å². The van der Waals surface area contributed by atoms with Crippen molar-refractivity contribution in [3.63, 3.8) is 0 Å². The summed E-state index contributed by atoms with van der Waals surface area (Å²) in [5.74, 6) is 6.15. The van der Waals surface area contributed by atoms with Crippen LogP contribution in [0.1, 0.15) is 5.56 Å². The number of rotatable bonds is 2. The van der Waals surface area contributed by atoms with Crippen LogP contribution in [-0.4, -0.2) is 41.7 Å². The van der Waals surface area contributed by atoms with Gasteiger partial charge in [-0.2, -0.15) is 23.5 Å². The standard InChI is InChI=1S/C14H19NOS2/c1-2-4-14-11(3-1)7-12(8-16-14)15-13-9-17-5-6-18-10-13/h1-4,12-13,15H,5-10H2/t12-/m0/s1. The summed E-state index contributed by atoms with van der Waals surface area (Å²) in [5.41, 5.74) is 1.34. The first kappa shape index (κ1) is 12.7. The SMILES string of the molecule is c1ccc2c(c1)C[C@H](NC1CSCCSC1)CO2. The van der Waals surface area contributed by atoms with E-state index in [-0.39, 0.29) is 0 Å². The number of nitrogens with one attached hydrogen (secondary N) is 1. The van der Waals surface area contributed by atoms with Crippen LogP contribution in [0.25, 0.3) is 0 Å². The molecule has 2 aliphatic rings. The predicted molar refractivity (Wildman–Crippen MR) is 81.0 cm³/mol. The fourth-order valence-electron chi connectivity index (χ4n) is 2.48. The minimum atomic E-state index is 0.476. The largest absolute Gasteiger partial charge is 0.492 e. The van der Waals surface area contributed by atoms with Crippen LogP contribution in [0.5, 0.6) is 5.75 Å². The minimum absolute atomic E-state index is 0.476. The van der Waals surface area contributed by atoms with Crippen molar-refractivity contribution in [1.29, 1.82) is 0 Å². The molecule has 2 heterocycles. The lowest BCUT2D eigenvalue weighted by Gasteiger charge is -2.29. The summed E-state index contributed by atoms with van der Waals surface area (Å²) < 4.78 is 5.83. The first-order valence-corrected chi connectivity index (χ1v) is 8.85. The van der Waals surface area contributed by atoms with Gasteiger partial charge < -0.3 is 10.1 Å². The van der Waals surface area contributed by atoms with Crippen LogP contribution >= 0.6 is 23.5 Å². The van der Waals surface area contributed by atoms with Crippen molar-refractivity contribution in [2.45, 2.75) is 18.5 Å². The summed E-state index contributed by atoms with van der Waals surface area (Å²) in [6, 6.07) is 9.51. The topological polar surface area (TPSA) is 21.3 Å². The molecule has 1 aromatic carbocycles. The molecule has 18 heavy (non-hydrogen) atoms. The van der Waals surface area contributed by atoms with E-state index in [0.29, 0.717) is 12.1 Å². The quantitative estimate of drug-likeness (QED) is 0.898. The molecule has 0 bridgehead atoms. The molecule has 1 aromatic rings. The number of ether oxygens (including phenoxy) is 1. The van der Waals surface area contributed by atoms with Gasteiger partial charge in [-0.25, -0.2) is 0 Å². The van der Waals surface area contributed by atoms with Crippen LogP contribution in [0.2, 0.25) is 0 Å². The first-order chi connectivity index (χ1) is 8.92. The lowest BCUT2D eigenvalue weighted by molar-refractivity contribution is 0.233. The maximum atomic E-state index is 5.83. The Morgan fingerprint density at radius 2 is 1.83 bits per heavy atom. The number of benzene rings is 1. The van der Waals surface area contributed by atoms with Crippen LogP contribution in [-0.2, 0) is 6.42 Å². The summed E-state index contributed by atoms with van der Waals surface area (Å²) in [6.07, 6.45) is 1.10. The molecule has 1 saturated heterocycles. The monoisotopic (exact) mass is 281 g/mol. The average Bonchev–Trinajstić information content (AvgIpc) is 2.67. The van der Waals surface area contributed by atoms with Crippen LogP contribution in [0, 0.1) is 0 Å². The average molecular weight is 281 g/mol. The second kappa shape index (κ2) is 6.22. The fraction of sp³-hybridized carbons (Fsp3) is 0.571. The van der Waals surface area contributed by atoms with Crippen LogP contribution in [0.3, 0.4) is 0 Å². The van der Waals surface area contributed by atoms with Crippen LogP contribution in [0.4, 0.5) is 0 Å². The van der Waals surface area contributed by atoms with Crippen molar-refractivity contribution in [3.8, 4) is 5.75 Å². The third-order valence-corrected chi connectivity index (χ3v) is 5.88. The molecule has 1 N–H and O–H groups in total. The zero-order chi connectivity index (χ0) is 12.2. The smallest absolute Gasteiger partial charge is 0.122 e. The molecule has 2 aliphatic heterocycles. The molecule has 2 nitrogen and oxygen atoms in total. The van der Waals surface area contributed by atoms with Gasteiger partial charge in [0, 0.05) is 35.1 Å². The van der Waals surface area contributed by atoms with Gasteiger partial charge in [0.1, 0.15) is 12.4 Å². The van der Waals surface area contributed by atoms with Gasteiger partial charge in [0.2, 0.25) is 0 Å². The van der Waals surface area contributed by atoms with Gasteiger partial charge in [-0.1, -0.05) is 18.2 Å². The zero-order valence-corrected chi connectivity index (χ0v) is 12.1. The summed E-state index contributed by atoms with van der Waals surface area (Å²) in [7, 11) is 0. The molecule has 0 unspecified atom stereocenters. The van der Waals surface area contributed by atoms with Gasteiger partial charge in [0.05, 0.1) is 0 Å². The molecule has 1 fully saturated rings. The number of hydrogen-bond donors (Lipinski definition) is 1. The Hall–Kier alpha value is -0.320. The molecule has 0 aromatic heterocycles. The lowest BCUT2D eigenvalue weighted by atomic mass is 10.0. The Morgan fingerprint density at radius 1 is 1.06 bits per heavy atom. The number of para-hydroxylation sites is 1. The highest BCUT2D eigenvalue weighted by Crippen LogP contribution is 2.25. The summed E-state index contributed by atoms with van der Waals surface area (Å²) in [6.45, 7) is 0.808. The van der Waals surface area contributed by atoms with E-state index in [4.69, 9.17) is 4.74 Å². The Kier molecular flexibility index (Phi) is 4.39. The van der Waals surface area contributed by atoms with E-state index in [9.17, 15) is 0 Å². The highest BCUT2D eigenvalue weighted by atomic mass is 32.2. The summed E-state index contributed by atoms with van der Waals surface area (Å²) in [4.78, 5) is 0. The van der Waals surface area contributed by atoms with Gasteiger partial charge in [0.15, 0.2) is 0 Å². The molecule has 0 aliphatic carbocycles. The molecule has 1 atom stereocenters. The Bertz CT molecular complexity index is 391. The fourth-order valence-corrected chi connectivity index (χ4v) is 4.90. The van der Waals surface area contributed by atoms with E-state index in [1.165, 1.54) is 28.6 Å². The maximum absolute atomic E-state index is 5.83. The Morgan fingerprint density at radius 3 is 2.67 bits per heavy atom. The number of thioether (sulfide) groups is 2. The molecule has 0 saturated carbocycles. The molecule has 4 heteroatoms. The van der Waals surface area contributed by atoms with Gasteiger partial charge in [-0.15, -0.1) is 0 Å². The predicted octanol–water partition coefficient (Wildman–Crippen LogP) is 2.43. The summed E-state index contributed by atoms with van der Waals surface area (Å²) >= 11 is 4.15. The molecule has 0 radical (unpaired) electrons. The Balaban J connectivity index is 1.58. The first-order valence-electron chi connectivity index (χ1n) is 6.54. The van der Waals surface area contributed by atoms with Crippen molar-refractivity contribution in [3.05, 3.63) is 29.8 Å². The van der Waals surface area contributed by atoms with Crippen molar-refractivity contribution in [1.82, 2.24) is 5.32 Å². The molecule has 98 valence electrons. The highest BCUT2D eigenvalue weighted by Gasteiger charge is 2.22. The normalized spacial score (nSPS) is 25.0. The van der Waals surface area contributed by atoms with Crippen LogP contribution in [0.15, 0.2) is 24.3 Å². The lowest BCUT2D eigenvalue weighted by Crippen LogP contribution is -2.46. The molecular weight excluding hydrogens is 262 g/mol. The minimum Gasteiger partial charge on any atom is -0.492 e. The molecule has 3 rings (SSSR count). The summed E-state index contributed by atoms with van der Waals surface area (Å²) in [5, 5.41) is 3.77. The van der Waals surface area contributed by atoms with Crippen molar-refractivity contribution in [2.75, 3.05) is 29.6 Å². The van der Waals surface area contributed by atoms with E-state index in [1.54, 1.807) is 0 Å². The van der Waals surface area contributed by atoms with Crippen molar-refractivity contribution >= 4 is 23.5 Å². The molecule has 0 spiro atoms. The zero-order valence-electron chi connectivity index (χ0n) is 10.4. The third kappa shape index (κ3) is 3.16. The number of fused-ring (bicyclic) bond motifs is 1. The van der Waals surface area contributed by atoms with Gasteiger partial charge in [-0.05, 0) is 18.1 Å². The molecule has 0 amide bonds. The third-order valence-electron chi connectivity index (χ3n) is 3.36. The van der Waals surface area contributed by atoms with Gasteiger partial charge in [0.25, 0.3) is 0 Å². The maximum Gasteiger partial charge on any atom is 0.122 e. The van der Waals surface area contributed by atoms with Gasteiger partial charge >= 0.3 is 0 Å². The molecular formula is C14H19NOS2. The van der Waals surface area contributed by atoms with E-state index in [1.807, 2.05) is 6.07 Å². The van der Waals surface area contributed by atoms with Crippen molar-refractivity contribution in [2.24, 2.45) is 0 Å². The Labute approximate surface area is 117 Å². The number of hydrogen-bond acceptors (Lipinski definition) is 4.